The van der Waals surface area contributed by atoms with E-state index in [-0.39, 0.29) is 0 Å². The predicted molar refractivity (Wildman–Crippen MR) is 168 cm³/mol. The Morgan fingerprint density at radius 3 is 0.944 bits per heavy atom. The van der Waals surface area contributed by atoms with Crippen LogP contribution in [-0.4, -0.2) is 55.7 Å². The lowest BCUT2D eigenvalue weighted by molar-refractivity contribution is 0.250. The largest absolute Gasteiger partial charge is 0.425 e. The van der Waals surface area contributed by atoms with E-state index in [0.29, 0.717) is 0 Å². The summed E-state index contributed by atoms with van der Waals surface area (Å²) in [5, 5.41) is 0. The average Bonchev–Trinajstić information content (AvgIpc) is 2.89. The maximum absolute atomic E-state index is 7.65. The van der Waals surface area contributed by atoms with Crippen LogP contribution >= 0.6 is 0 Å². The van der Waals surface area contributed by atoms with E-state index in [2.05, 4.69) is 41.5 Å². The summed E-state index contributed by atoms with van der Waals surface area (Å²) in [7, 11) is -10.7. The van der Waals surface area contributed by atoms with E-state index in [4.69, 9.17) is 24.7 Å². The van der Waals surface area contributed by atoms with Gasteiger partial charge in [0.25, 0.3) is 30.0 Å². The summed E-state index contributed by atoms with van der Waals surface area (Å²) < 4.78 is 41.3. The molecule has 216 valence electrons. The fraction of sp³-hybridized carbons (Fsp3) is 1.00. The third kappa shape index (κ3) is 13.4. The van der Waals surface area contributed by atoms with Gasteiger partial charge in [0, 0.05) is 0 Å². The summed E-state index contributed by atoms with van der Waals surface area (Å²) in [4.78, 5) is 0. The van der Waals surface area contributed by atoms with Crippen molar-refractivity contribution in [2.24, 2.45) is 0 Å². The number of hydrogen-bond donors (Lipinski definition) is 0. The van der Waals surface area contributed by atoms with Crippen molar-refractivity contribution in [3.05, 3.63) is 0 Å². The number of rotatable bonds is 18. The lowest BCUT2D eigenvalue weighted by Gasteiger charge is -2.46. The van der Waals surface area contributed by atoms with Crippen LogP contribution in [0.4, 0.5) is 0 Å². The summed E-state index contributed by atoms with van der Waals surface area (Å²) in [5.41, 5.74) is 0. The van der Waals surface area contributed by atoms with Gasteiger partial charge in [0.15, 0.2) is 0 Å². The third-order valence-electron chi connectivity index (χ3n) is 7.19. The maximum atomic E-state index is 7.65. The van der Waals surface area contributed by atoms with Crippen molar-refractivity contribution in [3.63, 3.8) is 0 Å². The standard InChI is InChI=1S/C24H60O6Si6/c1-7-13-19-34(20-14-8-2)27-32-25-31-26-33-28-35(21-15-9-3,22-16-10-4)30-36(29-34,23-17-11-5)24-18-12-6/h7-24,31-33H2,1-6H3. The first-order valence-electron chi connectivity index (χ1n) is 15.3. The fourth-order valence-corrected chi connectivity index (χ4v) is 30.1. The van der Waals surface area contributed by atoms with E-state index in [1.165, 1.54) is 77.0 Å². The first kappa shape index (κ1) is 35.1. The topological polar surface area (TPSA) is 55.4 Å². The van der Waals surface area contributed by atoms with Crippen LogP contribution < -0.4 is 0 Å². The Bertz CT molecular complexity index is 473. The van der Waals surface area contributed by atoms with Crippen LogP contribution in [0.15, 0.2) is 0 Å². The molecule has 1 heterocycles. The van der Waals surface area contributed by atoms with Crippen molar-refractivity contribution >= 4 is 55.7 Å². The summed E-state index contributed by atoms with van der Waals surface area (Å²) >= 11 is 0. The lowest BCUT2D eigenvalue weighted by Crippen LogP contribution is -2.62. The smallest absolute Gasteiger partial charge is 0.320 e. The number of hydrogen-bond acceptors (Lipinski definition) is 6. The Morgan fingerprint density at radius 1 is 0.389 bits per heavy atom. The summed E-state index contributed by atoms with van der Waals surface area (Å²) in [6.07, 6.45) is 14.1. The molecular weight excluding hydrogens is 553 g/mol. The molecule has 0 N–H and O–H groups in total. The molecule has 0 spiro atoms. The highest BCUT2D eigenvalue weighted by atomic mass is 28.5. The Morgan fingerprint density at radius 2 is 0.667 bits per heavy atom. The van der Waals surface area contributed by atoms with Crippen molar-refractivity contribution in [1.82, 2.24) is 0 Å². The molecule has 1 aliphatic rings. The van der Waals surface area contributed by atoms with Crippen molar-refractivity contribution < 1.29 is 24.7 Å². The summed E-state index contributed by atoms with van der Waals surface area (Å²) in [6.45, 7) is 13.7. The molecule has 0 aromatic carbocycles. The Labute approximate surface area is 234 Å². The predicted octanol–water partition coefficient (Wildman–Crippen LogP) is 6.22. The molecule has 6 nitrogen and oxygen atoms in total. The first-order chi connectivity index (χ1) is 17.5. The van der Waals surface area contributed by atoms with Gasteiger partial charge in [-0.3, -0.25) is 0 Å². The van der Waals surface area contributed by atoms with Gasteiger partial charge in [0.05, 0.1) is 0 Å². The molecule has 12 heteroatoms. The summed E-state index contributed by atoms with van der Waals surface area (Å²) in [6, 6.07) is 6.46. The van der Waals surface area contributed by atoms with Gasteiger partial charge < -0.3 is 24.7 Å². The number of unbranched alkanes of at least 4 members (excludes halogenated alkanes) is 6. The fourth-order valence-electron chi connectivity index (χ4n) is 4.93. The quantitative estimate of drug-likeness (QED) is 0.171. The molecule has 1 rings (SSSR count). The van der Waals surface area contributed by atoms with Crippen molar-refractivity contribution in [2.75, 3.05) is 0 Å². The second-order valence-corrected chi connectivity index (χ2v) is 27.0. The molecular formula is C24H60O6Si6. The van der Waals surface area contributed by atoms with Gasteiger partial charge in [-0.1, -0.05) is 119 Å². The van der Waals surface area contributed by atoms with Crippen LogP contribution in [0, 0.1) is 0 Å². The minimum Gasteiger partial charge on any atom is -0.425 e. The SMILES string of the molecule is CCCC[Si]1(CCCC)O[SiH2]O[SiH2]O[SiH2]O[Si](CCCC)(CCCC)O[Si](CCCC)(CCCC)O1. The normalized spacial score (nSPS) is 22.5. The van der Waals surface area contributed by atoms with Crippen molar-refractivity contribution in [1.29, 1.82) is 0 Å². The van der Waals surface area contributed by atoms with Crippen LogP contribution in [0.2, 0.25) is 36.3 Å². The van der Waals surface area contributed by atoms with Crippen LogP contribution in [0.25, 0.3) is 0 Å². The molecule has 0 saturated carbocycles. The molecule has 0 radical (unpaired) electrons. The van der Waals surface area contributed by atoms with Crippen molar-refractivity contribution in [3.8, 4) is 0 Å². The van der Waals surface area contributed by atoms with Gasteiger partial charge in [-0.2, -0.15) is 0 Å². The highest BCUT2D eigenvalue weighted by Crippen LogP contribution is 2.39. The van der Waals surface area contributed by atoms with E-state index in [9.17, 15) is 0 Å². The molecule has 1 saturated heterocycles. The first-order valence-corrected chi connectivity index (χ1v) is 25.5. The zero-order chi connectivity index (χ0) is 26.6. The van der Waals surface area contributed by atoms with E-state index in [1.807, 2.05) is 0 Å². The maximum Gasteiger partial charge on any atom is 0.320 e. The van der Waals surface area contributed by atoms with Gasteiger partial charge in [-0.05, 0) is 36.3 Å². The second-order valence-electron chi connectivity index (χ2n) is 10.6. The van der Waals surface area contributed by atoms with Crippen LogP contribution in [0.5, 0.6) is 0 Å². The van der Waals surface area contributed by atoms with E-state index in [0.717, 1.165) is 36.3 Å². The molecule has 0 atom stereocenters. The van der Waals surface area contributed by atoms with Gasteiger partial charge in [-0.15, -0.1) is 0 Å². The van der Waals surface area contributed by atoms with Crippen molar-refractivity contribution in [2.45, 2.75) is 155 Å². The average molecular weight is 613 g/mol. The third-order valence-corrected chi connectivity index (χ3v) is 27.7. The highest BCUT2D eigenvalue weighted by molar-refractivity contribution is 6.88. The molecule has 0 aromatic rings. The minimum absolute atomic E-state index is 1.02. The van der Waals surface area contributed by atoms with Gasteiger partial charge in [0.2, 0.25) is 0 Å². The van der Waals surface area contributed by atoms with E-state index < -0.39 is 55.7 Å². The van der Waals surface area contributed by atoms with Crippen LogP contribution in [0.1, 0.15) is 119 Å². The monoisotopic (exact) mass is 612 g/mol. The Hall–Kier alpha value is 1.06. The molecule has 0 bridgehead atoms. The lowest BCUT2D eigenvalue weighted by atomic mass is 10.4. The second kappa shape index (κ2) is 20.9. The zero-order valence-electron chi connectivity index (χ0n) is 24.8. The Balaban J connectivity index is 3.58. The molecule has 0 amide bonds. The van der Waals surface area contributed by atoms with Gasteiger partial charge in [0.1, 0.15) is 0 Å². The summed E-state index contributed by atoms with van der Waals surface area (Å²) in [5.74, 6) is 0. The Kier molecular flexibility index (Phi) is 20.4. The minimum atomic E-state index is -2.55. The van der Waals surface area contributed by atoms with Crippen LogP contribution in [0.3, 0.4) is 0 Å². The molecule has 36 heavy (non-hydrogen) atoms. The van der Waals surface area contributed by atoms with E-state index in [1.54, 1.807) is 0 Å². The zero-order valence-corrected chi connectivity index (χ0v) is 32.0. The van der Waals surface area contributed by atoms with Gasteiger partial charge >= 0.3 is 25.7 Å². The van der Waals surface area contributed by atoms with Gasteiger partial charge in [-0.25, -0.2) is 0 Å². The van der Waals surface area contributed by atoms with E-state index >= 15 is 0 Å². The molecule has 1 aliphatic heterocycles. The van der Waals surface area contributed by atoms with Crippen LogP contribution in [-0.2, 0) is 24.7 Å². The molecule has 0 aromatic heterocycles. The molecule has 1 fully saturated rings. The highest BCUT2D eigenvalue weighted by Gasteiger charge is 2.53. The molecule has 0 unspecified atom stereocenters. The molecule has 0 aliphatic carbocycles.